The number of allylic oxidation sites excluding steroid dienone is 2. The minimum absolute atomic E-state index is 1.04. The van der Waals surface area contributed by atoms with Crippen molar-refractivity contribution in [1.82, 2.24) is 4.98 Å². The highest BCUT2D eigenvalue weighted by atomic mass is 15.1. The molecule has 1 aromatic heterocycles. The summed E-state index contributed by atoms with van der Waals surface area (Å²) < 4.78 is 0. The van der Waals surface area contributed by atoms with Crippen molar-refractivity contribution in [2.45, 2.75) is 13.8 Å². The average molecular weight is 278 g/mol. The van der Waals surface area contributed by atoms with Crippen molar-refractivity contribution >= 4 is 17.8 Å². The van der Waals surface area contributed by atoms with E-state index in [1.807, 2.05) is 18.2 Å². The number of rotatable bonds is 6. The summed E-state index contributed by atoms with van der Waals surface area (Å²) in [6, 6.07) is 12.7. The highest BCUT2D eigenvalue weighted by molar-refractivity contribution is 5.59. The predicted molar refractivity (Wildman–Crippen MR) is 92.3 cm³/mol. The molecule has 0 aliphatic carbocycles. The van der Waals surface area contributed by atoms with Gasteiger partial charge in [0.15, 0.2) is 0 Å². The summed E-state index contributed by atoms with van der Waals surface area (Å²) in [5.74, 6) is 0. The Morgan fingerprint density at radius 2 is 1.33 bits per heavy atom. The molecule has 1 aromatic carbocycles. The van der Waals surface area contributed by atoms with E-state index in [-0.39, 0.29) is 0 Å². The minimum Gasteiger partial charge on any atom is -0.372 e. The standard InChI is InChI=1S/C19H22N2/c1-3-21(4-2)19-11-9-17(10-12-19)7-5-6-8-18-13-15-20-16-14-18/h5-16H,3-4H2,1-2H3. The number of pyridine rings is 1. The Kier molecular flexibility index (Phi) is 5.77. The van der Waals surface area contributed by atoms with Crippen LogP contribution in [-0.2, 0) is 0 Å². The van der Waals surface area contributed by atoms with E-state index < -0.39 is 0 Å². The molecule has 0 unspecified atom stereocenters. The van der Waals surface area contributed by atoms with Crippen LogP contribution >= 0.6 is 0 Å². The fourth-order valence-electron chi connectivity index (χ4n) is 2.19. The molecule has 0 fully saturated rings. The number of anilines is 1. The largest absolute Gasteiger partial charge is 0.372 e. The van der Waals surface area contributed by atoms with Gasteiger partial charge in [0.05, 0.1) is 0 Å². The van der Waals surface area contributed by atoms with Crippen LogP contribution in [0.4, 0.5) is 5.69 Å². The highest BCUT2D eigenvalue weighted by Crippen LogP contribution is 2.15. The molecule has 0 radical (unpaired) electrons. The fraction of sp³-hybridized carbons (Fsp3) is 0.211. The Hall–Kier alpha value is -2.35. The van der Waals surface area contributed by atoms with E-state index >= 15 is 0 Å². The highest BCUT2D eigenvalue weighted by Gasteiger charge is 1.99. The van der Waals surface area contributed by atoms with E-state index in [4.69, 9.17) is 0 Å². The van der Waals surface area contributed by atoms with E-state index in [0.29, 0.717) is 0 Å². The van der Waals surface area contributed by atoms with Crippen molar-refractivity contribution in [3.63, 3.8) is 0 Å². The lowest BCUT2D eigenvalue weighted by Crippen LogP contribution is -2.21. The monoisotopic (exact) mass is 278 g/mol. The van der Waals surface area contributed by atoms with Gasteiger partial charge in [0.1, 0.15) is 0 Å². The Morgan fingerprint density at radius 3 is 1.86 bits per heavy atom. The first-order valence-corrected chi connectivity index (χ1v) is 7.43. The Balaban J connectivity index is 1.97. The van der Waals surface area contributed by atoms with Crippen molar-refractivity contribution in [2.75, 3.05) is 18.0 Å². The van der Waals surface area contributed by atoms with Crippen LogP contribution in [0.15, 0.2) is 60.9 Å². The zero-order chi connectivity index (χ0) is 14.9. The molecule has 2 rings (SSSR count). The van der Waals surface area contributed by atoms with Crippen LogP contribution in [0.5, 0.6) is 0 Å². The first-order valence-electron chi connectivity index (χ1n) is 7.43. The lowest BCUT2D eigenvalue weighted by molar-refractivity contribution is 0.866. The van der Waals surface area contributed by atoms with E-state index in [9.17, 15) is 0 Å². The molecule has 0 saturated carbocycles. The summed E-state index contributed by atoms with van der Waals surface area (Å²) in [5.41, 5.74) is 3.65. The van der Waals surface area contributed by atoms with Gasteiger partial charge in [-0.15, -0.1) is 0 Å². The van der Waals surface area contributed by atoms with Crippen molar-refractivity contribution in [1.29, 1.82) is 0 Å². The minimum atomic E-state index is 1.04. The third kappa shape index (κ3) is 4.60. The number of aromatic nitrogens is 1. The van der Waals surface area contributed by atoms with Gasteiger partial charge in [-0.2, -0.15) is 0 Å². The summed E-state index contributed by atoms with van der Waals surface area (Å²) in [7, 11) is 0. The Morgan fingerprint density at radius 1 is 0.810 bits per heavy atom. The Bertz CT molecular complexity index is 579. The average Bonchev–Trinajstić information content (AvgIpc) is 2.55. The molecule has 2 nitrogen and oxygen atoms in total. The first-order chi connectivity index (χ1) is 10.3. The zero-order valence-corrected chi connectivity index (χ0v) is 12.7. The predicted octanol–water partition coefficient (Wildman–Crippen LogP) is 4.65. The molecule has 108 valence electrons. The van der Waals surface area contributed by atoms with Gasteiger partial charge >= 0.3 is 0 Å². The second-order valence-corrected chi connectivity index (χ2v) is 4.76. The molecule has 2 heteroatoms. The van der Waals surface area contributed by atoms with Gasteiger partial charge in [-0.05, 0) is 49.2 Å². The normalized spacial score (nSPS) is 11.3. The number of hydrogen-bond donors (Lipinski definition) is 0. The molecular weight excluding hydrogens is 256 g/mol. The van der Waals surface area contributed by atoms with Gasteiger partial charge in [0.2, 0.25) is 0 Å². The van der Waals surface area contributed by atoms with Crippen LogP contribution in [0.25, 0.3) is 12.2 Å². The lowest BCUT2D eigenvalue weighted by Gasteiger charge is -2.20. The maximum Gasteiger partial charge on any atom is 0.0366 e. The van der Waals surface area contributed by atoms with Crippen molar-refractivity contribution in [3.05, 3.63) is 72.1 Å². The molecule has 0 aliphatic heterocycles. The lowest BCUT2D eigenvalue weighted by atomic mass is 10.1. The van der Waals surface area contributed by atoms with E-state index in [1.54, 1.807) is 12.4 Å². The maximum absolute atomic E-state index is 4.00. The van der Waals surface area contributed by atoms with Gasteiger partial charge in [-0.3, -0.25) is 4.98 Å². The van der Waals surface area contributed by atoms with Gasteiger partial charge in [-0.25, -0.2) is 0 Å². The summed E-state index contributed by atoms with van der Waals surface area (Å²) in [6.45, 7) is 6.45. The van der Waals surface area contributed by atoms with Crippen LogP contribution in [-0.4, -0.2) is 18.1 Å². The second-order valence-electron chi connectivity index (χ2n) is 4.76. The smallest absolute Gasteiger partial charge is 0.0366 e. The number of nitrogens with zero attached hydrogens (tertiary/aromatic N) is 2. The molecule has 21 heavy (non-hydrogen) atoms. The first kappa shape index (κ1) is 15.0. The quantitative estimate of drug-likeness (QED) is 0.715. The van der Waals surface area contributed by atoms with E-state index in [1.165, 1.54) is 11.3 Å². The molecule has 0 N–H and O–H groups in total. The van der Waals surface area contributed by atoms with Crippen LogP contribution < -0.4 is 4.90 Å². The topological polar surface area (TPSA) is 16.1 Å². The van der Waals surface area contributed by atoms with Gasteiger partial charge in [-0.1, -0.05) is 36.4 Å². The van der Waals surface area contributed by atoms with Gasteiger partial charge < -0.3 is 4.90 Å². The van der Waals surface area contributed by atoms with Crippen molar-refractivity contribution in [3.8, 4) is 0 Å². The van der Waals surface area contributed by atoms with Crippen LogP contribution in [0.2, 0.25) is 0 Å². The van der Waals surface area contributed by atoms with Crippen molar-refractivity contribution < 1.29 is 0 Å². The van der Waals surface area contributed by atoms with Crippen molar-refractivity contribution in [2.24, 2.45) is 0 Å². The molecule has 0 saturated heterocycles. The van der Waals surface area contributed by atoms with Crippen LogP contribution in [0.1, 0.15) is 25.0 Å². The summed E-state index contributed by atoms with van der Waals surface area (Å²) in [5, 5.41) is 0. The third-order valence-corrected chi connectivity index (χ3v) is 3.42. The molecule has 0 aliphatic rings. The third-order valence-electron chi connectivity index (χ3n) is 3.42. The molecule has 1 heterocycles. The molecule has 0 amide bonds. The second kappa shape index (κ2) is 8.05. The summed E-state index contributed by atoms with van der Waals surface area (Å²) in [6.07, 6.45) is 11.9. The SMILES string of the molecule is CCN(CC)c1ccc(C=CC=Cc2ccncc2)cc1. The van der Waals surface area contributed by atoms with E-state index in [2.05, 4.69) is 66.2 Å². The van der Waals surface area contributed by atoms with Crippen LogP contribution in [0.3, 0.4) is 0 Å². The van der Waals surface area contributed by atoms with E-state index in [0.717, 1.165) is 18.7 Å². The molecule has 0 atom stereocenters. The molecule has 2 aromatic rings. The summed E-state index contributed by atoms with van der Waals surface area (Å²) >= 11 is 0. The molecule has 0 bridgehead atoms. The van der Waals surface area contributed by atoms with Gasteiger partial charge in [0.25, 0.3) is 0 Å². The van der Waals surface area contributed by atoms with Gasteiger partial charge in [0, 0.05) is 31.2 Å². The zero-order valence-electron chi connectivity index (χ0n) is 12.7. The fourth-order valence-corrected chi connectivity index (χ4v) is 2.19. The molecular formula is C19H22N2. The number of benzene rings is 1. The summed E-state index contributed by atoms with van der Waals surface area (Å²) in [4.78, 5) is 6.35. The number of hydrogen-bond acceptors (Lipinski definition) is 2. The Labute approximate surface area is 127 Å². The molecule has 0 spiro atoms. The maximum atomic E-state index is 4.00. The van der Waals surface area contributed by atoms with Crippen LogP contribution in [0, 0.1) is 0 Å².